The summed E-state index contributed by atoms with van der Waals surface area (Å²) in [5.74, 6) is 1.81. The fourth-order valence-electron chi connectivity index (χ4n) is 3.79. The van der Waals surface area contributed by atoms with E-state index < -0.39 is 0 Å². The second kappa shape index (κ2) is 6.01. The van der Waals surface area contributed by atoms with Gasteiger partial charge in [0.1, 0.15) is 5.60 Å². The highest BCUT2D eigenvalue weighted by molar-refractivity contribution is 5.65. The maximum Gasteiger partial charge on any atom is 0.173 e. The van der Waals surface area contributed by atoms with Crippen LogP contribution in [-0.4, -0.2) is 15.6 Å². The molecule has 2 aliphatic rings. The molecular formula is C21H27N3O. The predicted molar refractivity (Wildman–Crippen MR) is 100 cm³/mol. The van der Waals surface area contributed by atoms with E-state index in [1.165, 1.54) is 24.8 Å². The number of aryl methyl sites for hydroxylation is 1. The molecule has 0 bridgehead atoms. The van der Waals surface area contributed by atoms with E-state index in [1.54, 1.807) is 12.4 Å². The summed E-state index contributed by atoms with van der Waals surface area (Å²) in [6.45, 7) is 6.76. The fourth-order valence-corrected chi connectivity index (χ4v) is 3.79. The third-order valence-electron chi connectivity index (χ3n) is 5.19. The van der Waals surface area contributed by atoms with Crippen molar-refractivity contribution in [2.75, 3.05) is 5.32 Å². The molecule has 2 aromatic rings. The van der Waals surface area contributed by atoms with E-state index in [0.29, 0.717) is 0 Å². The number of hydrogen-bond acceptors (Lipinski definition) is 4. The number of fused-ring (bicyclic) bond motifs is 1. The highest BCUT2D eigenvalue weighted by atomic mass is 16.5. The van der Waals surface area contributed by atoms with Gasteiger partial charge in [0, 0.05) is 23.8 Å². The molecule has 0 amide bonds. The first-order valence-electron chi connectivity index (χ1n) is 9.31. The van der Waals surface area contributed by atoms with Crippen LogP contribution in [-0.2, 0) is 12.8 Å². The molecule has 0 atom stereocenters. The van der Waals surface area contributed by atoms with Crippen LogP contribution < -0.4 is 10.1 Å². The number of pyridine rings is 2. The smallest absolute Gasteiger partial charge is 0.173 e. The van der Waals surface area contributed by atoms with Gasteiger partial charge in [-0.15, -0.1) is 0 Å². The zero-order valence-corrected chi connectivity index (χ0v) is 15.4. The number of aromatic nitrogens is 2. The van der Waals surface area contributed by atoms with E-state index in [0.717, 1.165) is 42.2 Å². The van der Waals surface area contributed by atoms with E-state index in [1.807, 2.05) is 12.1 Å². The van der Waals surface area contributed by atoms with Gasteiger partial charge in [0.15, 0.2) is 11.6 Å². The molecular weight excluding hydrogens is 310 g/mol. The Morgan fingerprint density at radius 1 is 1.16 bits per heavy atom. The van der Waals surface area contributed by atoms with Crippen LogP contribution in [0.25, 0.3) is 0 Å². The van der Waals surface area contributed by atoms with Crippen LogP contribution in [0.5, 0.6) is 5.75 Å². The Balaban J connectivity index is 1.71. The first-order valence-corrected chi connectivity index (χ1v) is 9.31. The van der Waals surface area contributed by atoms with Crippen LogP contribution in [0.4, 0.5) is 11.5 Å². The van der Waals surface area contributed by atoms with E-state index in [2.05, 4.69) is 37.1 Å². The van der Waals surface area contributed by atoms with Gasteiger partial charge in [-0.3, -0.25) is 4.98 Å². The molecule has 1 aliphatic heterocycles. The number of rotatable bonds is 3. The number of nitrogens with zero attached hydrogens (tertiary/aromatic N) is 2. The Kier molecular flexibility index (Phi) is 3.94. The van der Waals surface area contributed by atoms with Gasteiger partial charge in [-0.1, -0.05) is 20.8 Å². The molecule has 0 unspecified atom stereocenters. The lowest BCUT2D eigenvalue weighted by Crippen LogP contribution is -2.46. The molecule has 4 heteroatoms. The molecule has 25 heavy (non-hydrogen) atoms. The largest absolute Gasteiger partial charge is 0.483 e. The lowest BCUT2D eigenvalue weighted by molar-refractivity contribution is -0.0246. The van der Waals surface area contributed by atoms with Crippen molar-refractivity contribution < 1.29 is 4.74 Å². The Morgan fingerprint density at radius 2 is 1.92 bits per heavy atom. The first-order chi connectivity index (χ1) is 11.9. The van der Waals surface area contributed by atoms with Gasteiger partial charge in [0.2, 0.25) is 0 Å². The maximum atomic E-state index is 6.50. The molecule has 1 aliphatic carbocycles. The summed E-state index contributed by atoms with van der Waals surface area (Å²) in [4.78, 5) is 9.03. The molecule has 1 N–H and O–H groups in total. The van der Waals surface area contributed by atoms with Crippen molar-refractivity contribution in [3.63, 3.8) is 0 Å². The Hall–Kier alpha value is -2.10. The topological polar surface area (TPSA) is 47.0 Å². The molecule has 3 heterocycles. The van der Waals surface area contributed by atoms with Gasteiger partial charge < -0.3 is 10.1 Å². The molecule has 0 aromatic carbocycles. The molecule has 4 rings (SSSR count). The van der Waals surface area contributed by atoms with Crippen molar-refractivity contribution in [2.24, 2.45) is 5.41 Å². The predicted octanol–water partition coefficient (Wildman–Crippen LogP) is 5.06. The summed E-state index contributed by atoms with van der Waals surface area (Å²) >= 11 is 0. The molecule has 4 nitrogen and oxygen atoms in total. The summed E-state index contributed by atoms with van der Waals surface area (Å²) in [5.41, 5.74) is 3.70. The van der Waals surface area contributed by atoms with Crippen LogP contribution in [0.3, 0.4) is 0 Å². The van der Waals surface area contributed by atoms with Gasteiger partial charge in [0.05, 0.1) is 0 Å². The van der Waals surface area contributed by atoms with Crippen LogP contribution in [0.15, 0.2) is 30.6 Å². The minimum atomic E-state index is 0.0644. The van der Waals surface area contributed by atoms with E-state index in [9.17, 15) is 0 Å². The highest BCUT2D eigenvalue weighted by Gasteiger charge is 2.43. The third kappa shape index (κ3) is 3.48. The van der Waals surface area contributed by atoms with E-state index >= 15 is 0 Å². The van der Waals surface area contributed by atoms with Crippen LogP contribution in [0.2, 0.25) is 0 Å². The van der Waals surface area contributed by atoms with Crippen molar-refractivity contribution in [3.05, 3.63) is 41.9 Å². The number of anilines is 2. The second-order valence-electron chi connectivity index (χ2n) is 8.69. The third-order valence-corrected chi connectivity index (χ3v) is 5.19. The number of ether oxygens (including phenoxy) is 1. The molecule has 1 saturated carbocycles. The summed E-state index contributed by atoms with van der Waals surface area (Å²) in [5, 5.41) is 3.47. The SMILES string of the molecule is CC(C)(C)Cc1cc2c(c(Nc3ccncc3)n1)OC1(CCC1)CC2. The Bertz CT molecular complexity index is 761. The Labute approximate surface area is 150 Å². The van der Waals surface area contributed by atoms with E-state index in [4.69, 9.17) is 9.72 Å². The van der Waals surface area contributed by atoms with Crippen LogP contribution in [0.1, 0.15) is 57.7 Å². The minimum Gasteiger partial charge on any atom is -0.483 e. The van der Waals surface area contributed by atoms with Crippen LogP contribution in [0, 0.1) is 5.41 Å². The summed E-state index contributed by atoms with van der Waals surface area (Å²) in [6.07, 6.45) is 10.4. The van der Waals surface area contributed by atoms with Gasteiger partial charge in [-0.25, -0.2) is 4.98 Å². The fraction of sp³-hybridized carbons (Fsp3) is 0.524. The number of nitrogens with one attached hydrogen (secondary N) is 1. The average Bonchev–Trinajstić information content (AvgIpc) is 2.52. The Morgan fingerprint density at radius 3 is 2.56 bits per heavy atom. The quantitative estimate of drug-likeness (QED) is 0.851. The normalized spacial score (nSPS) is 18.2. The van der Waals surface area contributed by atoms with Crippen molar-refractivity contribution in [1.29, 1.82) is 0 Å². The zero-order valence-electron chi connectivity index (χ0n) is 15.4. The van der Waals surface area contributed by atoms with E-state index in [-0.39, 0.29) is 11.0 Å². The van der Waals surface area contributed by atoms with Gasteiger partial charge >= 0.3 is 0 Å². The molecule has 0 saturated heterocycles. The zero-order chi connectivity index (χ0) is 17.5. The van der Waals surface area contributed by atoms with Gasteiger partial charge in [-0.2, -0.15) is 0 Å². The van der Waals surface area contributed by atoms with Gasteiger partial charge in [-0.05, 0) is 67.7 Å². The first kappa shape index (κ1) is 16.4. The van der Waals surface area contributed by atoms with Crippen LogP contribution >= 0.6 is 0 Å². The summed E-state index contributed by atoms with van der Waals surface area (Å²) in [7, 11) is 0. The lowest BCUT2D eigenvalue weighted by atomic mass is 9.74. The molecule has 1 spiro atoms. The maximum absolute atomic E-state index is 6.50. The lowest BCUT2D eigenvalue weighted by Gasteiger charge is -2.45. The monoisotopic (exact) mass is 337 g/mol. The minimum absolute atomic E-state index is 0.0644. The van der Waals surface area contributed by atoms with Crippen molar-refractivity contribution in [1.82, 2.24) is 9.97 Å². The standard InChI is InChI=1S/C21H27N3O/c1-20(2,3)14-17-13-15-5-10-21(8-4-9-21)25-18(15)19(24-17)23-16-6-11-22-12-7-16/h6-7,11-13H,4-5,8-10,14H2,1-3H3,(H,22,23,24). The van der Waals surface area contributed by atoms with Gasteiger partial charge in [0.25, 0.3) is 0 Å². The second-order valence-corrected chi connectivity index (χ2v) is 8.69. The molecule has 132 valence electrons. The van der Waals surface area contributed by atoms with Crippen molar-refractivity contribution in [2.45, 2.75) is 64.9 Å². The number of hydrogen-bond donors (Lipinski definition) is 1. The summed E-state index contributed by atoms with van der Waals surface area (Å²) < 4.78 is 6.50. The summed E-state index contributed by atoms with van der Waals surface area (Å²) in [6, 6.07) is 6.18. The van der Waals surface area contributed by atoms with Crippen molar-refractivity contribution in [3.8, 4) is 5.75 Å². The highest BCUT2D eigenvalue weighted by Crippen LogP contribution is 2.47. The van der Waals surface area contributed by atoms with Crippen molar-refractivity contribution >= 4 is 11.5 Å². The molecule has 2 aromatic heterocycles. The molecule has 0 radical (unpaired) electrons. The average molecular weight is 337 g/mol. The molecule has 1 fully saturated rings.